The lowest BCUT2D eigenvalue weighted by molar-refractivity contribution is 0.395. The van der Waals surface area contributed by atoms with Gasteiger partial charge in [0.15, 0.2) is 5.82 Å². The molecule has 0 saturated heterocycles. The third-order valence-electron chi connectivity index (χ3n) is 2.37. The molecule has 0 aliphatic heterocycles. The summed E-state index contributed by atoms with van der Waals surface area (Å²) in [5.74, 6) is 2.58. The first-order valence-electron chi connectivity index (χ1n) is 5.12. The summed E-state index contributed by atoms with van der Waals surface area (Å²) >= 11 is 0. The standard InChI is InChI=1S/C11H14N4O2/c1-16-7-3-4-8(9(5-7)17-2)11-13-10(6-12)14-15-11/h3-5H,6,12H2,1-2H3,(H,13,14,15). The van der Waals surface area contributed by atoms with Crippen LogP contribution in [0.1, 0.15) is 5.82 Å². The topological polar surface area (TPSA) is 86.0 Å². The molecule has 0 unspecified atom stereocenters. The van der Waals surface area contributed by atoms with Crippen LogP contribution in [0.5, 0.6) is 11.5 Å². The van der Waals surface area contributed by atoms with Crippen LogP contribution in [0.2, 0.25) is 0 Å². The Morgan fingerprint density at radius 3 is 2.71 bits per heavy atom. The number of rotatable bonds is 4. The van der Waals surface area contributed by atoms with Crippen LogP contribution >= 0.6 is 0 Å². The number of aromatic amines is 1. The maximum absolute atomic E-state index is 5.47. The van der Waals surface area contributed by atoms with Crippen LogP contribution in [-0.4, -0.2) is 29.4 Å². The molecule has 6 heteroatoms. The van der Waals surface area contributed by atoms with Gasteiger partial charge in [-0.25, -0.2) is 4.98 Å². The number of nitrogens with one attached hydrogen (secondary N) is 1. The number of benzene rings is 1. The molecule has 0 atom stereocenters. The molecule has 3 N–H and O–H groups in total. The van der Waals surface area contributed by atoms with Crippen LogP contribution in [0.4, 0.5) is 0 Å². The second kappa shape index (κ2) is 4.84. The van der Waals surface area contributed by atoms with Crippen molar-refractivity contribution in [1.29, 1.82) is 0 Å². The average Bonchev–Trinajstić information content (AvgIpc) is 2.86. The van der Waals surface area contributed by atoms with E-state index in [-0.39, 0.29) is 0 Å². The fraction of sp³-hybridized carbons (Fsp3) is 0.273. The highest BCUT2D eigenvalue weighted by molar-refractivity contribution is 5.65. The molecule has 0 spiro atoms. The largest absolute Gasteiger partial charge is 0.497 e. The molecule has 2 rings (SSSR count). The highest BCUT2D eigenvalue weighted by Crippen LogP contribution is 2.31. The predicted octanol–water partition coefficient (Wildman–Crippen LogP) is 0.948. The lowest BCUT2D eigenvalue weighted by atomic mass is 10.2. The van der Waals surface area contributed by atoms with Crippen molar-refractivity contribution in [3.05, 3.63) is 24.0 Å². The molecule has 0 bridgehead atoms. The highest BCUT2D eigenvalue weighted by Gasteiger charge is 2.11. The monoisotopic (exact) mass is 234 g/mol. The summed E-state index contributed by atoms with van der Waals surface area (Å²) in [7, 11) is 3.20. The Hall–Kier alpha value is -2.08. The summed E-state index contributed by atoms with van der Waals surface area (Å²) in [5, 5.41) is 6.85. The van der Waals surface area contributed by atoms with E-state index in [0.717, 1.165) is 11.3 Å². The molecule has 2 aromatic rings. The Morgan fingerprint density at radius 1 is 1.29 bits per heavy atom. The normalized spacial score (nSPS) is 10.3. The molecule has 0 aliphatic rings. The van der Waals surface area contributed by atoms with E-state index in [9.17, 15) is 0 Å². The van der Waals surface area contributed by atoms with E-state index in [1.807, 2.05) is 12.1 Å². The number of ether oxygens (including phenoxy) is 2. The second-order valence-electron chi connectivity index (χ2n) is 3.38. The second-order valence-corrected chi connectivity index (χ2v) is 3.38. The quantitative estimate of drug-likeness (QED) is 0.822. The molecule has 0 radical (unpaired) electrons. The van der Waals surface area contributed by atoms with E-state index in [4.69, 9.17) is 15.2 Å². The van der Waals surface area contributed by atoms with Gasteiger partial charge in [0.2, 0.25) is 0 Å². The van der Waals surface area contributed by atoms with E-state index in [2.05, 4.69) is 15.2 Å². The van der Waals surface area contributed by atoms with Crippen molar-refractivity contribution < 1.29 is 9.47 Å². The molecular formula is C11H14N4O2. The maximum atomic E-state index is 5.47. The Kier molecular flexibility index (Phi) is 3.24. The SMILES string of the molecule is COc1ccc(-c2n[nH]c(CN)n2)c(OC)c1. The number of nitrogens with zero attached hydrogens (tertiary/aromatic N) is 2. The summed E-state index contributed by atoms with van der Waals surface area (Å²) < 4.78 is 10.4. The number of nitrogens with two attached hydrogens (primary N) is 1. The lowest BCUT2D eigenvalue weighted by Crippen LogP contribution is -1.98. The molecule has 0 fully saturated rings. The molecule has 0 aliphatic carbocycles. The van der Waals surface area contributed by atoms with Crippen LogP contribution in [0, 0.1) is 0 Å². The van der Waals surface area contributed by atoms with Gasteiger partial charge in [0, 0.05) is 6.07 Å². The van der Waals surface area contributed by atoms with E-state index in [1.165, 1.54) is 0 Å². The molecule has 1 aromatic heterocycles. The molecule has 1 heterocycles. The molecular weight excluding hydrogens is 220 g/mol. The van der Waals surface area contributed by atoms with Crippen LogP contribution in [0.15, 0.2) is 18.2 Å². The van der Waals surface area contributed by atoms with Crippen molar-refractivity contribution in [2.75, 3.05) is 14.2 Å². The molecule has 90 valence electrons. The smallest absolute Gasteiger partial charge is 0.184 e. The first-order chi connectivity index (χ1) is 8.28. The van der Waals surface area contributed by atoms with Crippen LogP contribution in [-0.2, 0) is 6.54 Å². The minimum atomic E-state index is 0.325. The average molecular weight is 234 g/mol. The van der Waals surface area contributed by atoms with Gasteiger partial charge in [-0.2, -0.15) is 5.10 Å². The third kappa shape index (κ3) is 2.21. The Labute approximate surface area is 98.8 Å². The number of hydrogen-bond acceptors (Lipinski definition) is 5. The maximum Gasteiger partial charge on any atom is 0.184 e. The molecule has 0 amide bonds. The van der Waals surface area contributed by atoms with Crippen molar-refractivity contribution in [2.45, 2.75) is 6.54 Å². The van der Waals surface area contributed by atoms with Gasteiger partial charge in [0.05, 0.1) is 26.3 Å². The summed E-state index contributed by atoms with van der Waals surface area (Å²) in [6, 6.07) is 5.46. The van der Waals surface area contributed by atoms with Gasteiger partial charge < -0.3 is 15.2 Å². The van der Waals surface area contributed by atoms with Gasteiger partial charge in [-0.1, -0.05) is 0 Å². The van der Waals surface area contributed by atoms with Crippen LogP contribution < -0.4 is 15.2 Å². The minimum absolute atomic E-state index is 0.325. The summed E-state index contributed by atoms with van der Waals surface area (Å²) in [5.41, 5.74) is 6.27. The Balaban J connectivity index is 2.43. The molecule has 6 nitrogen and oxygen atoms in total. The fourth-order valence-electron chi connectivity index (χ4n) is 1.49. The van der Waals surface area contributed by atoms with Crippen molar-refractivity contribution in [2.24, 2.45) is 5.73 Å². The van der Waals surface area contributed by atoms with Crippen LogP contribution in [0.3, 0.4) is 0 Å². The van der Waals surface area contributed by atoms with Gasteiger partial charge in [-0.15, -0.1) is 0 Å². The van der Waals surface area contributed by atoms with Crippen molar-refractivity contribution in [3.63, 3.8) is 0 Å². The first-order valence-corrected chi connectivity index (χ1v) is 5.12. The first kappa shape index (κ1) is 11.4. The summed E-state index contributed by atoms with van der Waals surface area (Å²) in [4.78, 5) is 4.25. The Morgan fingerprint density at radius 2 is 2.12 bits per heavy atom. The lowest BCUT2D eigenvalue weighted by Gasteiger charge is -2.07. The van der Waals surface area contributed by atoms with E-state index >= 15 is 0 Å². The van der Waals surface area contributed by atoms with E-state index in [0.29, 0.717) is 23.9 Å². The van der Waals surface area contributed by atoms with Crippen LogP contribution in [0.25, 0.3) is 11.4 Å². The summed E-state index contributed by atoms with van der Waals surface area (Å²) in [6.07, 6.45) is 0. The Bertz CT molecular complexity index is 510. The van der Waals surface area contributed by atoms with Gasteiger partial charge in [-0.3, -0.25) is 5.10 Å². The third-order valence-corrected chi connectivity index (χ3v) is 2.37. The molecule has 1 aromatic carbocycles. The summed E-state index contributed by atoms with van der Waals surface area (Å²) in [6.45, 7) is 0.325. The highest BCUT2D eigenvalue weighted by atomic mass is 16.5. The minimum Gasteiger partial charge on any atom is -0.497 e. The fourth-order valence-corrected chi connectivity index (χ4v) is 1.49. The molecule has 0 saturated carbocycles. The van der Waals surface area contributed by atoms with Gasteiger partial charge in [0.1, 0.15) is 17.3 Å². The number of H-pyrrole nitrogens is 1. The zero-order valence-electron chi connectivity index (χ0n) is 9.73. The van der Waals surface area contributed by atoms with Crippen molar-refractivity contribution >= 4 is 0 Å². The van der Waals surface area contributed by atoms with E-state index < -0.39 is 0 Å². The number of methoxy groups -OCH3 is 2. The predicted molar refractivity (Wildman–Crippen MR) is 62.8 cm³/mol. The number of hydrogen-bond donors (Lipinski definition) is 2. The number of aromatic nitrogens is 3. The van der Waals surface area contributed by atoms with E-state index in [1.54, 1.807) is 20.3 Å². The van der Waals surface area contributed by atoms with Crippen molar-refractivity contribution in [1.82, 2.24) is 15.2 Å². The van der Waals surface area contributed by atoms with Crippen molar-refractivity contribution in [3.8, 4) is 22.9 Å². The van der Waals surface area contributed by atoms with Gasteiger partial charge in [-0.05, 0) is 12.1 Å². The van der Waals surface area contributed by atoms with Gasteiger partial charge in [0.25, 0.3) is 0 Å². The zero-order chi connectivity index (χ0) is 12.3. The molecule has 17 heavy (non-hydrogen) atoms. The van der Waals surface area contributed by atoms with Gasteiger partial charge >= 0.3 is 0 Å². The zero-order valence-corrected chi connectivity index (χ0v) is 9.73.